The molecular formula is C11H14FNO2. The molecule has 1 heterocycles. The number of rotatable bonds is 2. The smallest absolute Gasteiger partial charge is 0.137 e. The summed E-state index contributed by atoms with van der Waals surface area (Å²) in [7, 11) is 0. The minimum absolute atomic E-state index is 0.0398. The van der Waals surface area contributed by atoms with Crippen LogP contribution in [0, 0.1) is 5.82 Å². The highest BCUT2D eigenvalue weighted by Gasteiger charge is 2.24. The molecule has 2 rings (SSSR count). The number of hydrogen-bond donors (Lipinski definition) is 1. The molecule has 0 radical (unpaired) electrons. The monoisotopic (exact) mass is 211 g/mol. The van der Waals surface area contributed by atoms with Crippen molar-refractivity contribution in [2.45, 2.75) is 18.6 Å². The Bertz CT molecular complexity index is 332. The second-order valence-corrected chi connectivity index (χ2v) is 3.64. The van der Waals surface area contributed by atoms with Gasteiger partial charge >= 0.3 is 0 Å². The highest BCUT2D eigenvalue weighted by Crippen LogP contribution is 2.17. The van der Waals surface area contributed by atoms with Crippen LogP contribution >= 0.6 is 0 Å². The van der Waals surface area contributed by atoms with Crippen LogP contribution in [0.3, 0.4) is 0 Å². The van der Waals surface area contributed by atoms with Gasteiger partial charge < -0.3 is 15.2 Å². The topological polar surface area (TPSA) is 44.5 Å². The van der Waals surface area contributed by atoms with E-state index in [1.165, 1.54) is 12.1 Å². The normalized spacial score (nSPS) is 26.3. The van der Waals surface area contributed by atoms with Crippen molar-refractivity contribution in [2.75, 3.05) is 13.2 Å². The Labute approximate surface area is 88.0 Å². The Kier molecular flexibility index (Phi) is 3.18. The number of benzene rings is 1. The molecule has 0 spiro atoms. The maximum absolute atomic E-state index is 12.9. The molecule has 15 heavy (non-hydrogen) atoms. The average molecular weight is 211 g/mol. The summed E-state index contributed by atoms with van der Waals surface area (Å²) >= 11 is 0. The van der Waals surface area contributed by atoms with Crippen LogP contribution in [-0.2, 0) is 4.74 Å². The summed E-state index contributed by atoms with van der Waals surface area (Å²) in [6.07, 6.45) is 0.598. The molecule has 0 amide bonds. The molecule has 0 aromatic heterocycles. The maximum Gasteiger partial charge on any atom is 0.137 e. The van der Waals surface area contributed by atoms with E-state index in [4.69, 9.17) is 15.2 Å². The van der Waals surface area contributed by atoms with Gasteiger partial charge in [0, 0.05) is 18.7 Å². The molecule has 0 aliphatic carbocycles. The minimum Gasteiger partial charge on any atom is -0.486 e. The van der Waals surface area contributed by atoms with Crippen LogP contribution in [0.1, 0.15) is 6.42 Å². The first kappa shape index (κ1) is 10.4. The summed E-state index contributed by atoms with van der Waals surface area (Å²) < 4.78 is 23.7. The van der Waals surface area contributed by atoms with Gasteiger partial charge in [0.25, 0.3) is 0 Å². The number of halogens is 1. The van der Waals surface area contributed by atoms with Crippen LogP contribution < -0.4 is 10.5 Å². The van der Waals surface area contributed by atoms with Crippen LogP contribution in [-0.4, -0.2) is 25.4 Å². The molecule has 1 aliphatic heterocycles. The van der Waals surface area contributed by atoms with E-state index < -0.39 is 0 Å². The zero-order chi connectivity index (χ0) is 10.7. The Morgan fingerprint density at radius 3 is 3.07 bits per heavy atom. The molecule has 0 bridgehead atoms. The largest absolute Gasteiger partial charge is 0.486 e. The Hall–Kier alpha value is -1.13. The molecule has 1 aromatic carbocycles. The molecule has 2 unspecified atom stereocenters. The van der Waals surface area contributed by atoms with Gasteiger partial charge in [0.15, 0.2) is 0 Å². The van der Waals surface area contributed by atoms with E-state index in [0.717, 1.165) is 6.42 Å². The van der Waals surface area contributed by atoms with E-state index in [0.29, 0.717) is 19.0 Å². The predicted molar refractivity (Wildman–Crippen MR) is 54.2 cm³/mol. The highest BCUT2D eigenvalue weighted by molar-refractivity contribution is 5.22. The molecule has 0 saturated carbocycles. The fourth-order valence-corrected chi connectivity index (χ4v) is 1.56. The molecule has 2 N–H and O–H groups in total. The molecule has 1 saturated heterocycles. The van der Waals surface area contributed by atoms with Crippen molar-refractivity contribution < 1.29 is 13.9 Å². The summed E-state index contributed by atoms with van der Waals surface area (Å²) in [5.41, 5.74) is 5.87. The molecule has 1 aromatic rings. The van der Waals surface area contributed by atoms with E-state index >= 15 is 0 Å². The summed E-state index contributed by atoms with van der Waals surface area (Å²) in [5.74, 6) is 0.193. The molecule has 82 valence electrons. The van der Waals surface area contributed by atoms with Crippen molar-refractivity contribution in [1.29, 1.82) is 0 Å². The first-order chi connectivity index (χ1) is 7.25. The van der Waals surface area contributed by atoms with Gasteiger partial charge in [-0.3, -0.25) is 0 Å². The summed E-state index contributed by atoms with van der Waals surface area (Å²) in [6, 6.07) is 6.01. The van der Waals surface area contributed by atoms with Gasteiger partial charge in [0.05, 0.1) is 6.61 Å². The van der Waals surface area contributed by atoms with Gasteiger partial charge in [-0.1, -0.05) is 6.07 Å². The first-order valence-electron chi connectivity index (χ1n) is 5.01. The van der Waals surface area contributed by atoms with Gasteiger partial charge in [-0.2, -0.15) is 0 Å². The third-order valence-corrected chi connectivity index (χ3v) is 2.44. The minimum atomic E-state index is -0.308. The standard InChI is InChI=1S/C11H14FNO2/c12-8-2-1-3-9(6-8)15-11-7-14-5-4-10(11)13/h1-3,6,10-11H,4-5,7,13H2. The summed E-state index contributed by atoms with van der Waals surface area (Å²) in [6.45, 7) is 1.14. The van der Waals surface area contributed by atoms with Crippen LogP contribution in [0.4, 0.5) is 4.39 Å². The number of hydrogen-bond acceptors (Lipinski definition) is 3. The van der Waals surface area contributed by atoms with Crippen LogP contribution in [0.25, 0.3) is 0 Å². The zero-order valence-electron chi connectivity index (χ0n) is 8.36. The molecule has 4 heteroatoms. The Morgan fingerprint density at radius 2 is 2.33 bits per heavy atom. The predicted octanol–water partition coefficient (Wildman–Crippen LogP) is 1.32. The van der Waals surface area contributed by atoms with Gasteiger partial charge in [0.2, 0.25) is 0 Å². The van der Waals surface area contributed by atoms with Gasteiger partial charge in [-0.25, -0.2) is 4.39 Å². The number of ether oxygens (including phenoxy) is 2. The fourth-order valence-electron chi connectivity index (χ4n) is 1.56. The van der Waals surface area contributed by atoms with Crippen molar-refractivity contribution >= 4 is 0 Å². The molecule has 1 fully saturated rings. The fraction of sp³-hybridized carbons (Fsp3) is 0.455. The SMILES string of the molecule is NC1CCOCC1Oc1cccc(F)c1. The van der Waals surface area contributed by atoms with Crippen molar-refractivity contribution in [1.82, 2.24) is 0 Å². The van der Waals surface area contributed by atoms with E-state index in [9.17, 15) is 4.39 Å². The van der Waals surface area contributed by atoms with Crippen LogP contribution in [0.15, 0.2) is 24.3 Å². The lowest BCUT2D eigenvalue weighted by Gasteiger charge is -2.29. The second-order valence-electron chi connectivity index (χ2n) is 3.64. The third-order valence-electron chi connectivity index (χ3n) is 2.44. The maximum atomic E-state index is 12.9. The van der Waals surface area contributed by atoms with E-state index in [1.54, 1.807) is 12.1 Å². The van der Waals surface area contributed by atoms with E-state index in [-0.39, 0.29) is 18.0 Å². The molecule has 2 atom stereocenters. The summed E-state index contributed by atoms with van der Waals surface area (Å²) in [4.78, 5) is 0. The van der Waals surface area contributed by atoms with Crippen molar-refractivity contribution in [3.63, 3.8) is 0 Å². The van der Waals surface area contributed by atoms with E-state index in [2.05, 4.69) is 0 Å². The van der Waals surface area contributed by atoms with Crippen molar-refractivity contribution in [2.24, 2.45) is 5.73 Å². The quantitative estimate of drug-likeness (QED) is 0.802. The van der Waals surface area contributed by atoms with Crippen molar-refractivity contribution in [3.05, 3.63) is 30.1 Å². The molecular weight excluding hydrogens is 197 g/mol. The highest BCUT2D eigenvalue weighted by atomic mass is 19.1. The zero-order valence-corrected chi connectivity index (χ0v) is 8.36. The molecule has 3 nitrogen and oxygen atoms in total. The second kappa shape index (κ2) is 4.59. The van der Waals surface area contributed by atoms with Crippen LogP contribution in [0.2, 0.25) is 0 Å². The third kappa shape index (κ3) is 2.67. The Morgan fingerprint density at radius 1 is 1.47 bits per heavy atom. The average Bonchev–Trinajstić information content (AvgIpc) is 2.22. The lowest BCUT2D eigenvalue weighted by Crippen LogP contribution is -2.46. The van der Waals surface area contributed by atoms with Gasteiger partial charge in [-0.05, 0) is 18.6 Å². The van der Waals surface area contributed by atoms with Crippen LogP contribution in [0.5, 0.6) is 5.75 Å². The van der Waals surface area contributed by atoms with E-state index in [1.807, 2.05) is 0 Å². The van der Waals surface area contributed by atoms with Gasteiger partial charge in [0.1, 0.15) is 17.7 Å². The summed E-state index contributed by atoms with van der Waals surface area (Å²) in [5, 5.41) is 0. The molecule has 1 aliphatic rings. The lowest BCUT2D eigenvalue weighted by atomic mass is 10.1. The van der Waals surface area contributed by atoms with Gasteiger partial charge in [-0.15, -0.1) is 0 Å². The Balaban J connectivity index is 2.01. The van der Waals surface area contributed by atoms with Crippen molar-refractivity contribution in [3.8, 4) is 5.75 Å². The number of nitrogens with two attached hydrogens (primary N) is 1. The first-order valence-corrected chi connectivity index (χ1v) is 5.01. The lowest BCUT2D eigenvalue weighted by molar-refractivity contribution is -0.00542.